The predicted octanol–water partition coefficient (Wildman–Crippen LogP) is 3.15. The standard InChI is InChI=1S/C13H7ClN4/c14-13-17-6-8(5-15)12(18-13)10-7-16-11-4-2-1-3-9(10)11/h1-4,6-7,16H. The topological polar surface area (TPSA) is 65.4 Å². The van der Waals surface area contributed by atoms with Crippen molar-refractivity contribution < 1.29 is 0 Å². The highest BCUT2D eigenvalue weighted by Crippen LogP contribution is 2.29. The minimum Gasteiger partial charge on any atom is -0.360 e. The maximum Gasteiger partial charge on any atom is 0.222 e. The second-order valence-corrected chi connectivity index (χ2v) is 4.10. The predicted molar refractivity (Wildman–Crippen MR) is 69.0 cm³/mol. The minimum atomic E-state index is 0.134. The number of rotatable bonds is 1. The van der Waals surface area contributed by atoms with Crippen LogP contribution in [-0.2, 0) is 0 Å². The summed E-state index contributed by atoms with van der Waals surface area (Å²) in [5, 5.41) is 10.2. The Hall–Kier alpha value is -2.38. The zero-order valence-electron chi connectivity index (χ0n) is 9.18. The maximum atomic E-state index is 9.10. The van der Waals surface area contributed by atoms with Gasteiger partial charge in [0.25, 0.3) is 0 Å². The number of hydrogen-bond acceptors (Lipinski definition) is 3. The first-order chi connectivity index (χ1) is 8.79. The third-order valence-electron chi connectivity index (χ3n) is 2.72. The largest absolute Gasteiger partial charge is 0.360 e. The molecule has 0 atom stereocenters. The summed E-state index contributed by atoms with van der Waals surface area (Å²) in [6.07, 6.45) is 3.26. The van der Waals surface area contributed by atoms with Crippen molar-refractivity contribution in [3.8, 4) is 17.3 Å². The van der Waals surface area contributed by atoms with Crippen molar-refractivity contribution in [3.63, 3.8) is 0 Å². The maximum absolute atomic E-state index is 9.10. The van der Waals surface area contributed by atoms with Crippen LogP contribution in [0.25, 0.3) is 22.2 Å². The van der Waals surface area contributed by atoms with Gasteiger partial charge in [-0.3, -0.25) is 0 Å². The van der Waals surface area contributed by atoms with E-state index in [0.29, 0.717) is 11.3 Å². The van der Waals surface area contributed by atoms with Crippen molar-refractivity contribution >= 4 is 22.5 Å². The Morgan fingerprint density at radius 1 is 1.28 bits per heavy atom. The van der Waals surface area contributed by atoms with E-state index in [1.807, 2.05) is 30.5 Å². The molecule has 3 rings (SSSR count). The molecule has 86 valence electrons. The summed E-state index contributed by atoms with van der Waals surface area (Å²) in [4.78, 5) is 11.1. The molecule has 2 heterocycles. The lowest BCUT2D eigenvalue weighted by Crippen LogP contribution is -1.91. The second-order valence-electron chi connectivity index (χ2n) is 3.76. The van der Waals surface area contributed by atoms with Crippen LogP contribution < -0.4 is 0 Å². The molecule has 0 spiro atoms. The first-order valence-electron chi connectivity index (χ1n) is 5.28. The van der Waals surface area contributed by atoms with Crippen molar-refractivity contribution in [2.45, 2.75) is 0 Å². The molecule has 2 aromatic heterocycles. The van der Waals surface area contributed by atoms with Gasteiger partial charge in [0.15, 0.2) is 0 Å². The molecular formula is C13H7ClN4. The Morgan fingerprint density at radius 3 is 2.94 bits per heavy atom. The molecule has 0 saturated carbocycles. The van der Waals surface area contributed by atoms with Crippen LogP contribution in [0.5, 0.6) is 0 Å². The molecule has 0 radical (unpaired) electrons. The number of halogens is 1. The van der Waals surface area contributed by atoms with Gasteiger partial charge in [0, 0.05) is 22.7 Å². The van der Waals surface area contributed by atoms with E-state index in [1.54, 1.807) is 0 Å². The molecule has 4 nitrogen and oxygen atoms in total. The number of hydrogen-bond donors (Lipinski definition) is 1. The molecule has 5 heteroatoms. The number of benzene rings is 1. The fraction of sp³-hybridized carbons (Fsp3) is 0. The molecule has 0 amide bonds. The van der Waals surface area contributed by atoms with Crippen molar-refractivity contribution in [1.29, 1.82) is 5.26 Å². The highest BCUT2D eigenvalue weighted by Gasteiger charge is 2.12. The molecule has 0 aliphatic heterocycles. The summed E-state index contributed by atoms with van der Waals surface area (Å²) >= 11 is 5.80. The van der Waals surface area contributed by atoms with Gasteiger partial charge in [-0.1, -0.05) is 18.2 Å². The monoisotopic (exact) mass is 254 g/mol. The number of nitriles is 1. The summed E-state index contributed by atoms with van der Waals surface area (Å²) < 4.78 is 0. The average molecular weight is 255 g/mol. The van der Waals surface area contributed by atoms with Crippen molar-refractivity contribution in [3.05, 3.63) is 47.5 Å². The van der Waals surface area contributed by atoms with Crippen LogP contribution in [0, 0.1) is 11.3 Å². The van der Waals surface area contributed by atoms with E-state index in [-0.39, 0.29) is 5.28 Å². The Balaban J connectivity index is 2.33. The molecule has 1 aromatic carbocycles. The molecule has 1 N–H and O–H groups in total. The molecule has 0 aliphatic carbocycles. The van der Waals surface area contributed by atoms with E-state index >= 15 is 0 Å². The van der Waals surface area contributed by atoms with Crippen molar-refractivity contribution in [1.82, 2.24) is 15.0 Å². The van der Waals surface area contributed by atoms with Gasteiger partial charge < -0.3 is 4.98 Å². The molecule has 0 bridgehead atoms. The summed E-state index contributed by atoms with van der Waals surface area (Å²) in [7, 11) is 0. The lowest BCUT2D eigenvalue weighted by Gasteiger charge is -2.01. The lowest BCUT2D eigenvalue weighted by atomic mass is 10.1. The van der Waals surface area contributed by atoms with E-state index in [0.717, 1.165) is 16.5 Å². The summed E-state index contributed by atoms with van der Waals surface area (Å²) in [5.41, 5.74) is 2.80. The first kappa shape index (κ1) is 10.8. The SMILES string of the molecule is N#Cc1cnc(Cl)nc1-c1c[nH]c2ccccc12. The van der Waals surface area contributed by atoms with Crippen molar-refractivity contribution in [2.75, 3.05) is 0 Å². The van der Waals surface area contributed by atoms with Gasteiger partial charge in [0.05, 0.1) is 17.5 Å². The summed E-state index contributed by atoms with van der Waals surface area (Å²) in [6, 6.07) is 9.90. The third kappa shape index (κ3) is 1.62. The number of aromatic amines is 1. The zero-order chi connectivity index (χ0) is 12.5. The van der Waals surface area contributed by atoms with Crippen LogP contribution in [0.15, 0.2) is 36.7 Å². The summed E-state index contributed by atoms with van der Waals surface area (Å²) in [6.45, 7) is 0. The van der Waals surface area contributed by atoms with Gasteiger partial charge >= 0.3 is 0 Å². The molecular weight excluding hydrogens is 248 g/mol. The molecule has 18 heavy (non-hydrogen) atoms. The number of nitrogens with one attached hydrogen (secondary N) is 1. The fourth-order valence-corrected chi connectivity index (χ4v) is 2.05. The molecule has 0 fully saturated rings. The Bertz CT molecular complexity index is 770. The van der Waals surface area contributed by atoms with Crippen LogP contribution in [0.2, 0.25) is 5.28 Å². The van der Waals surface area contributed by atoms with Crippen LogP contribution in [0.4, 0.5) is 0 Å². The number of aromatic nitrogens is 3. The highest BCUT2D eigenvalue weighted by molar-refractivity contribution is 6.28. The summed E-state index contributed by atoms with van der Waals surface area (Å²) in [5.74, 6) is 0. The number of para-hydroxylation sites is 1. The van der Waals surface area contributed by atoms with E-state index < -0.39 is 0 Å². The van der Waals surface area contributed by atoms with Gasteiger partial charge in [-0.15, -0.1) is 0 Å². The number of H-pyrrole nitrogens is 1. The zero-order valence-corrected chi connectivity index (χ0v) is 9.94. The smallest absolute Gasteiger partial charge is 0.222 e. The normalized spacial score (nSPS) is 10.4. The fourth-order valence-electron chi connectivity index (χ4n) is 1.91. The molecule has 3 aromatic rings. The molecule has 0 saturated heterocycles. The highest BCUT2D eigenvalue weighted by atomic mass is 35.5. The first-order valence-corrected chi connectivity index (χ1v) is 5.66. The van der Waals surface area contributed by atoms with Gasteiger partial charge in [0.1, 0.15) is 6.07 Å². The minimum absolute atomic E-state index is 0.134. The van der Waals surface area contributed by atoms with Gasteiger partial charge in [-0.2, -0.15) is 5.26 Å². The van der Waals surface area contributed by atoms with Gasteiger partial charge in [-0.05, 0) is 17.7 Å². The number of nitrogens with zero attached hydrogens (tertiary/aromatic N) is 3. The molecule has 0 aliphatic rings. The van der Waals surface area contributed by atoms with Crippen LogP contribution >= 0.6 is 11.6 Å². The third-order valence-corrected chi connectivity index (χ3v) is 2.91. The lowest BCUT2D eigenvalue weighted by molar-refractivity contribution is 1.16. The van der Waals surface area contributed by atoms with E-state index in [9.17, 15) is 0 Å². The van der Waals surface area contributed by atoms with E-state index in [1.165, 1.54) is 6.20 Å². The van der Waals surface area contributed by atoms with E-state index in [2.05, 4.69) is 21.0 Å². The van der Waals surface area contributed by atoms with Gasteiger partial charge in [-0.25, -0.2) is 9.97 Å². The molecule has 0 unspecified atom stereocenters. The number of fused-ring (bicyclic) bond motifs is 1. The van der Waals surface area contributed by atoms with Crippen LogP contribution in [0.1, 0.15) is 5.56 Å². The Morgan fingerprint density at radius 2 is 2.11 bits per heavy atom. The second kappa shape index (κ2) is 4.13. The van der Waals surface area contributed by atoms with Gasteiger partial charge in [0.2, 0.25) is 5.28 Å². The Labute approximate surface area is 108 Å². The van der Waals surface area contributed by atoms with Crippen molar-refractivity contribution in [2.24, 2.45) is 0 Å². The Kier molecular flexibility index (Phi) is 2.47. The quantitative estimate of drug-likeness (QED) is 0.679. The average Bonchev–Trinajstić information content (AvgIpc) is 2.82. The van der Waals surface area contributed by atoms with Crippen LogP contribution in [-0.4, -0.2) is 15.0 Å². The van der Waals surface area contributed by atoms with Crippen LogP contribution in [0.3, 0.4) is 0 Å². The van der Waals surface area contributed by atoms with E-state index in [4.69, 9.17) is 16.9 Å².